The van der Waals surface area contributed by atoms with Crippen molar-refractivity contribution in [2.45, 2.75) is 6.54 Å². The van der Waals surface area contributed by atoms with Crippen LogP contribution < -0.4 is 4.90 Å². The van der Waals surface area contributed by atoms with E-state index in [1.807, 2.05) is 30.1 Å². The molecule has 0 saturated carbocycles. The molecule has 2 aromatic heterocycles. The molecule has 106 valence electrons. The Balaban J connectivity index is 1.55. The summed E-state index contributed by atoms with van der Waals surface area (Å²) in [4.78, 5) is 9.13. The van der Waals surface area contributed by atoms with Gasteiger partial charge in [-0.15, -0.1) is 0 Å². The molecule has 5 nitrogen and oxygen atoms in total. The van der Waals surface area contributed by atoms with Gasteiger partial charge in [0.15, 0.2) is 0 Å². The first-order valence-electron chi connectivity index (χ1n) is 6.77. The smallest absolute Gasteiger partial charge is 0.128 e. The summed E-state index contributed by atoms with van der Waals surface area (Å²) in [5, 5.41) is 4.89. The van der Waals surface area contributed by atoms with Gasteiger partial charge in [-0.25, -0.2) is 4.98 Å². The van der Waals surface area contributed by atoms with Gasteiger partial charge >= 0.3 is 0 Å². The van der Waals surface area contributed by atoms with E-state index in [1.54, 1.807) is 6.20 Å². The van der Waals surface area contributed by atoms with Crippen LogP contribution in [0.4, 0.5) is 5.82 Å². The number of aryl methyl sites for hydroxylation is 1. The SMILES string of the molecule is Cn1cc(CN2CCN(c3ccc(Cl)cn3)CC2)cn1. The van der Waals surface area contributed by atoms with Crippen molar-refractivity contribution in [1.82, 2.24) is 19.7 Å². The Morgan fingerprint density at radius 2 is 1.95 bits per heavy atom. The average Bonchev–Trinajstić information content (AvgIpc) is 2.86. The summed E-state index contributed by atoms with van der Waals surface area (Å²) < 4.78 is 1.85. The number of nitrogens with zero attached hydrogens (tertiary/aromatic N) is 5. The van der Waals surface area contributed by atoms with Crippen molar-refractivity contribution in [3.8, 4) is 0 Å². The first-order chi connectivity index (χ1) is 9.70. The molecule has 3 heterocycles. The molecule has 1 aliphatic rings. The molecule has 0 aliphatic carbocycles. The van der Waals surface area contributed by atoms with E-state index >= 15 is 0 Å². The zero-order valence-electron chi connectivity index (χ0n) is 11.5. The lowest BCUT2D eigenvalue weighted by Crippen LogP contribution is -2.46. The highest BCUT2D eigenvalue weighted by molar-refractivity contribution is 6.30. The summed E-state index contributed by atoms with van der Waals surface area (Å²) in [7, 11) is 1.95. The average molecular weight is 292 g/mol. The number of hydrogen-bond donors (Lipinski definition) is 0. The fraction of sp³-hybridized carbons (Fsp3) is 0.429. The summed E-state index contributed by atoms with van der Waals surface area (Å²) in [6.07, 6.45) is 5.72. The van der Waals surface area contributed by atoms with Crippen LogP contribution in [0.5, 0.6) is 0 Å². The Morgan fingerprint density at radius 1 is 1.15 bits per heavy atom. The lowest BCUT2D eigenvalue weighted by molar-refractivity contribution is 0.249. The Kier molecular flexibility index (Phi) is 3.89. The highest BCUT2D eigenvalue weighted by Gasteiger charge is 2.18. The van der Waals surface area contributed by atoms with Gasteiger partial charge in [0, 0.05) is 57.7 Å². The van der Waals surface area contributed by atoms with Crippen LogP contribution in [0.1, 0.15) is 5.56 Å². The predicted octanol–water partition coefficient (Wildman–Crippen LogP) is 1.79. The summed E-state index contributed by atoms with van der Waals surface area (Å²) in [6.45, 7) is 5.04. The second kappa shape index (κ2) is 5.81. The predicted molar refractivity (Wildman–Crippen MR) is 79.9 cm³/mol. The minimum Gasteiger partial charge on any atom is -0.354 e. The van der Waals surface area contributed by atoms with Crippen LogP contribution >= 0.6 is 11.6 Å². The van der Waals surface area contributed by atoms with Crippen molar-refractivity contribution in [1.29, 1.82) is 0 Å². The lowest BCUT2D eigenvalue weighted by Gasteiger charge is -2.35. The van der Waals surface area contributed by atoms with Crippen LogP contribution in [0.15, 0.2) is 30.7 Å². The molecule has 0 radical (unpaired) electrons. The van der Waals surface area contributed by atoms with Crippen molar-refractivity contribution in [3.63, 3.8) is 0 Å². The molecule has 0 aromatic carbocycles. The molecule has 0 bridgehead atoms. The number of anilines is 1. The second-order valence-electron chi connectivity index (χ2n) is 5.12. The van der Waals surface area contributed by atoms with Crippen molar-refractivity contribution >= 4 is 17.4 Å². The van der Waals surface area contributed by atoms with Gasteiger partial charge < -0.3 is 4.90 Å². The van der Waals surface area contributed by atoms with E-state index in [4.69, 9.17) is 11.6 Å². The molecule has 0 N–H and O–H groups in total. The maximum atomic E-state index is 5.87. The normalized spacial score (nSPS) is 16.6. The molecule has 1 aliphatic heterocycles. The largest absolute Gasteiger partial charge is 0.354 e. The van der Waals surface area contributed by atoms with Gasteiger partial charge in [0.1, 0.15) is 5.82 Å². The van der Waals surface area contributed by atoms with Gasteiger partial charge in [0.2, 0.25) is 0 Å². The van der Waals surface area contributed by atoms with Gasteiger partial charge in [-0.1, -0.05) is 11.6 Å². The molecule has 0 amide bonds. The van der Waals surface area contributed by atoms with Crippen LogP contribution in [-0.4, -0.2) is 45.8 Å². The number of aromatic nitrogens is 3. The van der Waals surface area contributed by atoms with E-state index in [9.17, 15) is 0 Å². The minimum atomic E-state index is 0.684. The van der Waals surface area contributed by atoms with E-state index in [-0.39, 0.29) is 0 Å². The first-order valence-corrected chi connectivity index (χ1v) is 7.15. The van der Waals surface area contributed by atoms with Crippen molar-refractivity contribution < 1.29 is 0 Å². The molecule has 0 spiro atoms. The lowest BCUT2D eigenvalue weighted by atomic mass is 10.2. The summed E-state index contributed by atoms with van der Waals surface area (Å²) in [5.41, 5.74) is 1.27. The second-order valence-corrected chi connectivity index (χ2v) is 5.56. The summed E-state index contributed by atoms with van der Waals surface area (Å²) in [5.74, 6) is 1.01. The minimum absolute atomic E-state index is 0.684. The first kappa shape index (κ1) is 13.4. The molecule has 3 rings (SSSR count). The van der Waals surface area contributed by atoms with Crippen LogP contribution in [-0.2, 0) is 13.6 Å². The van der Waals surface area contributed by atoms with Gasteiger partial charge in [-0.2, -0.15) is 5.10 Å². The van der Waals surface area contributed by atoms with E-state index in [2.05, 4.69) is 26.1 Å². The van der Waals surface area contributed by atoms with Gasteiger partial charge in [-0.3, -0.25) is 9.58 Å². The van der Waals surface area contributed by atoms with E-state index in [0.29, 0.717) is 5.02 Å². The molecule has 0 atom stereocenters. The van der Waals surface area contributed by atoms with Crippen LogP contribution in [0.2, 0.25) is 5.02 Å². The molecule has 0 unspecified atom stereocenters. The molecule has 1 saturated heterocycles. The summed E-state index contributed by atoms with van der Waals surface area (Å²) in [6, 6.07) is 3.88. The van der Waals surface area contributed by atoms with Crippen molar-refractivity contribution in [3.05, 3.63) is 41.3 Å². The number of hydrogen-bond acceptors (Lipinski definition) is 4. The quantitative estimate of drug-likeness (QED) is 0.864. The highest BCUT2D eigenvalue weighted by atomic mass is 35.5. The van der Waals surface area contributed by atoms with Crippen LogP contribution in [0.3, 0.4) is 0 Å². The number of halogens is 1. The molecular formula is C14H18ClN5. The molecule has 2 aromatic rings. The van der Waals surface area contributed by atoms with Crippen molar-refractivity contribution in [2.75, 3.05) is 31.1 Å². The number of rotatable bonds is 3. The Hall–Kier alpha value is -1.59. The van der Waals surface area contributed by atoms with E-state index in [1.165, 1.54) is 5.56 Å². The van der Waals surface area contributed by atoms with E-state index < -0.39 is 0 Å². The maximum Gasteiger partial charge on any atom is 0.128 e. The van der Waals surface area contributed by atoms with Gasteiger partial charge in [0.25, 0.3) is 0 Å². The monoisotopic (exact) mass is 291 g/mol. The van der Waals surface area contributed by atoms with Gasteiger partial charge in [0.05, 0.1) is 11.2 Å². The standard InChI is InChI=1S/C14H18ClN5/c1-18-10-12(8-17-18)11-19-4-6-20(7-5-19)14-3-2-13(15)9-16-14/h2-3,8-10H,4-7,11H2,1H3. The van der Waals surface area contributed by atoms with Crippen molar-refractivity contribution in [2.24, 2.45) is 7.05 Å². The summed E-state index contributed by atoms with van der Waals surface area (Å²) >= 11 is 5.87. The van der Waals surface area contributed by atoms with Gasteiger partial charge in [-0.05, 0) is 12.1 Å². The number of piperazine rings is 1. The topological polar surface area (TPSA) is 37.2 Å². The van der Waals surface area contributed by atoms with E-state index in [0.717, 1.165) is 38.5 Å². The third kappa shape index (κ3) is 3.11. The highest BCUT2D eigenvalue weighted by Crippen LogP contribution is 2.16. The zero-order valence-corrected chi connectivity index (χ0v) is 12.3. The third-order valence-corrected chi connectivity index (χ3v) is 3.80. The Morgan fingerprint density at radius 3 is 2.55 bits per heavy atom. The zero-order chi connectivity index (χ0) is 13.9. The fourth-order valence-corrected chi connectivity index (χ4v) is 2.61. The Labute approximate surface area is 123 Å². The third-order valence-electron chi connectivity index (χ3n) is 3.57. The molecule has 20 heavy (non-hydrogen) atoms. The maximum absolute atomic E-state index is 5.87. The fourth-order valence-electron chi connectivity index (χ4n) is 2.50. The van der Waals surface area contributed by atoms with Crippen LogP contribution in [0.25, 0.3) is 0 Å². The van der Waals surface area contributed by atoms with Crippen LogP contribution in [0, 0.1) is 0 Å². The molecular weight excluding hydrogens is 274 g/mol. The molecule has 1 fully saturated rings. The number of pyridine rings is 1. The Bertz CT molecular complexity index is 557. The molecule has 6 heteroatoms.